The molecule has 5 heteroatoms. The molecule has 0 radical (unpaired) electrons. The van der Waals surface area contributed by atoms with Gasteiger partial charge in [-0.3, -0.25) is 0 Å². The van der Waals surface area contributed by atoms with Crippen molar-refractivity contribution in [3.8, 4) is 16.9 Å². The number of benzene rings is 2. The molecule has 0 spiro atoms. The molecule has 2 aromatic rings. The monoisotopic (exact) mass is 493 g/mol. The van der Waals surface area contributed by atoms with E-state index in [9.17, 15) is 4.79 Å². The molecular weight excluding hydrogens is 450 g/mol. The Morgan fingerprint density at radius 1 is 0.972 bits per heavy atom. The van der Waals surface area contributed by atoms with Crippen molar-refractivity contribution in [1.29, 1.82) is 0 Å². The van der Waals surface area contributed by atoms with Gasteiger partial charge in [-0.05, 0) is 78.6 Å². The van der Waals surface area contributed by atoms with Crippen LogP contribution in [-0.2, 0) is 14.3 Å². The summed E-state index contributed by atoms with van der Waals surface area (Å²) >= 11 is 0. The number of carbonyl (C=O) groups is 1. The highest BCUT2D eigenvalue weighted by molar-refractivity contribution is 5.95. The summed E-state index contributed by atoms with van der Waals surface area (Å²) < 4.78 is 16.5. The van der Waals surface area contributed by atoms with Gasteiger partial charge in [0.15, 0.2) is 0 Å². The van der Waals surface area contributed by atoms with Gasteiger partial charge in [-0.15, -0.1) is 0 Å². The second-order valence-corrected chi connectivity index (χ2v) is 9.92. The Bertz CT molecular complexity index is 981. The van der Waals surface area contributed by atoms with Crippen molar-refractivity contribution in [3.63, 3.8) is 0 Å². The Kier molecular flexibility index (Phi) is 11.3. The molecule has 1 aliphatic heterocycles. The second kappa shape index (κ2) is 14.7. The van der Waals surface area contributed by atoms with Crippen molar-refractivity contribution >= 4 is 17.7 Å². The number of hydrogen-bond donors (Lipinski definition) is 0. The van der Waals surface area contributed by atoms with E-state index >= 15 is 0 Å². The zero-order valence-electron chi connectivity index (χ0n) is 22.6. The van der Waals surface area contributed by atoms with E-state index in [1.54, 1.807) is 0 Å². The van der Waals surface area contributed by atoms with Gasteiger partial charge in [-0.2, -0.15) is 0 Å². The number of unbranched alkanes of at least 4 members (excludes halogenated alkanes) is 1. The van der Waals surface area contributed by atoms with Gasteiger partial charge in [0.1, 0.15) is 12.4 Å². The number of anilines is 1. The Hall–Kier alpha value is -2.79. The zero-order chi connectivity index (χ0) is 25.8. The lowest BCUT2D eigenvalue weighted by Gasteiger charge is -2.29. The lowest BCUT2D eigenvalue weighted by Crippen LogP contribution is -2.29. The molecule has 196 valence electrons. The highest BCUT2D eigenvalue weighted by atomic mass is 16.5. The van der Waals surface area contributed by atoms with Crippen molar-refractivity contribution in [3.05, 3.63) is 53.6 Å². The van der Waals surface area contributed by atoms with E-state index in [0.29, 0.717) is 19.1 Å². The third-order valence-electron chi connectivity index (χ3n) is 6.43. The third kappa shape index (κ3) is 8.41. The van der Waals surface area contributed by atoms with Crippen molar-refractivity contribution in [2.24, 2.45) is 5.92 Å². The van der Waals surface area contributed by atoms with E-state index in [1.807, 2.05) is 18.2 Å². The number of rotatable bonds is 11. The molecule has 0 aliphatic carbocycles. The average Bonchev–Trinajstić information content (AvgIpc) is 2.88. The molecule has 1 aliphatic rings. The highest BCUT2D eigenvalue weighted by Crippen LogP contribution is 2.32. The Morgan fingerprint density at radius 3 is 2.47 bits per heavy atom. The Morgan fingerprint density at radius 2 is 1.75 bits per heavy atom. The van der Waals surface area contributed by atoms with Crippen LogP contribution in [0.1, 0.15) is 64.9 Å². The van der Waals surface area contributed by atoms with Gasteiger partial charge >= 0.3 is 5.97 Å². The van der Waals surface area contributed by atoms with E-state index in [0.717, 1.165) is 86.2 Å². The first kappa shape index (κ1) is 27.8. The first-order chi connectivity index (χ1) is 17.5. The van der Waals surface area contributed by atoms with E-state index in [-0.39, 0.29) is 5.97 Å². The number of hydrogen-bond acceptors (Lipinski definition) is 5. The van der Waals surface area contributed by atoms with Crippen LogP contribution in [0.4, 0.5) is 5.69 Å². The van der Waals surface area contributed by atoms with Crippen LogP contribution in [0, 0.1) is 5.92 Å². The van der Waals surface area contributed by atoms with Crippen LogP contribution in [0.3, 0.4) is 0 Å². The molecule has 1 heterocycles. The molecule has 0 saturated heterocycles. The normalized spacial score (nSPS) is 15.7. The van der Waals surface area contributed by atoms with E-state index < -0.39 is 0 Å². The van der Waals surface area contributed by atoms with Crippen LogP contribution in [0.2, 0.25) is 0 Å². The molecule has 2 aromatic carbocycles. The first-order valence-corrected chi connectivity index (χ1v) is 13.5. The maximum absolute atomic E-state index is 12.5. The molecular formula is C31H43NO4. The van der Waals surface area contributed by atoms with Gasteiger partial charge in [0.2, 0.25) is 0 Å². The van der Waals surface area contributed by atoms with Crippen LogP contribution < -0.4 is 9.64 Å². The van der Waals surface area contributed by atoms with Gasteiger partial charge in [0, 0.05) is 31.0 Å². The minimum Gasteiger partial charge on any atom is -0.491 e. The molecule has 0 bridgehead atoms. The molecule has 0 atom stereocenters. The van der Waals surface area contributed by atoms with E-state index in [1.165, 1.54) is 12.8 Å². The molecule has 5 nitrogen and oxygen atoms in total. The van der Waals surface area contributed by atoms with Gasteiger partial charge < -0.3 is 19.1 Å². The fourth-order valence-electron chi connectivity index (χ4n) is 4.55. The van der Waals surface area contributed by atoms with Gasteiger partial charge in [0.25, 0.3) is 0 Å². The summed E-state index contributed by atoms with van der Waals surface area (Å²) in [5, 5.41) is 0. The van der Waals surface area contributed by atoms with Gasteiger partial charge in [-0.25, -0.2) is 4.79 Å². The molecule has 0 N–H and O–H groups in total. The number of carbonyl (C=O) groups excluding carboxylic acids is 1. The smallest absolute Gasteiger partial charge is 0.333 e. The van der Waals surface area contributed by atoms with E-state index in [4.69, 9.17) is 14.2 Å². The van der Waals surface area contributed by atoms with Crippen LogP contribution >= 0.6 is 0 Å². The molecule has 0 unspecified atom stereocenters. The summed E-state index contributed by atoms with van der Waals surface area (Å²) in [6, 6.07) is 14.8. The van der Waals surface area contributed by atoms with Crippen LogP contribution in [0.5, 0.6) is 5.75 Å². The molecule has 0 aromatic heterocycles. The summed E-state index contributed by atoms with van der Waals surface area (Å²) in [5.74, 6) is 1.16. The summed E-state index contributed by atoms with van der Waals surface area (Å²) in [4.78, 5) is 15.0. The second-order valence-electron chi connectivity index (χ2n) is 9.92. The van der Waals surface area contributed by atoms with Crippen LogP contribution in [-0.4, -0.2) is 46.0 Å². The van der Waals surface area contributed by atoms with E-state index in [2.05, 4.69) is 56.0 Å². The van der Waals surface area contributed by atoms with Crippen LogP contribution in [0.25, 0.3) is 17.2 Å². The van der Waals surface area contributed by atoms with Crippen molar-refractivity contribution in [1.82, 2.24) is 0 Å². The average molecular weight is 494 g/mol. The standard InChI is InChI=1S/C31H43NO4/c1-5-6-18-35-19-20-36-29-14-11-25(12-15-29)26-13-16-30-28(21-26)22-27(31(33)34-4)10-8-7-9-17-32(30)23-24(2)3/h11-16,21-22,24H,5-10,17-20,23H2,1-4H3/b27-22+. The molecule has 0 saturated carbocycles. The maximum Gasteiger partial charge on any atom is 0.333 e. The maximum atomic E-state index is 12.5. The van der Waals surface area contributed by atoms with Crippen LogP contribution in [0.15, 0.2) is 48.0 Å². The number of ether oxygens (including phenoxy) is 3. The summed E-state index contributed by atoms with van der Waals surface area (Å²) in [5.41, 5.74) is 5.22. The summed E-state index contributed by atoms with van der Waals surface area (Å²) in [7, 11) is 1.46. The molecule has 36 heavy (non-hydrogen) atoms. The Balaban J connectivity index is 1.85. The van der Waals surface area contributed by atoms with Gasteiger partial charge in [-0.1, -0.05) is 51.8 Å². The SMILES string of the molecule is CCCCOCCOc1ccc(-c2ccc3c(c2)/C=C(/C(=O)OC)CCCCCN3CC(C)C)cc1. The Labute approximate surface area is 217 Å². The minimum atomic E-state index is -0.234. The zero-order valence-corrected chi connectivity index (χ0v) is 22.6. The predicted octanol–water partition coefficient (Wildman–Crippen LogP) is 7.14. The molecule has 3 rings (SSSR count). The number of fused-ring (bicyclic) bond motifs is 1. The van der Waals surface area contributed by atoms with Crippen molar-refractivity contribution < 1.29 is 19.0 Å². The topological polar surface area (TPSA) is 48.0 Å². The number of esters is 1. The number of nitrogens with zero attached hydrogens (tertiary/aromatic N) is 1. The first-order valence-electron chi connectivity index (χ1n) is 13.5. The third-order valence-corrected chi connectivity index (χ3v) is 6.43. The lowest BCUT2D eigenvalue weighted by atomic mass is 9.96. The fourth-order valence-corrected chi connectivity index (χ4v) is 4.55. The fraction of sp³-hybridized carbons (Fsp3) is 0.516. The lowest BCUT2D eigenvalue weighted by molar-refractivity contribution is -0.136. The summed E-state index contributed by atoms with van der Waals surface area (Å²) in [6.07, 6.45) is 8.23. The number of methoxy groups -OCH3 is 1. The molecule has 0 amide bonds. The highest BCUT2D eigenvalue weighted by Gasteiger charge is 2.18. The van der Waals surface area contributed by atoms with Crippen molar-refractivity contribution in [2.45, 2.75) is 59.3 Å². The quantitative estimate of drug-likeness (QED) is 0.246. The predicted molar refractivity (Wildman–Crippen MR) is 149 cm³/mol. The van der Waals surface area contributed by atoms with Crippen molar-refractivity contribution in [2.75, 3.05) is 44.9 Å². The largest absolute Gasteiger partial charge is 0.491 e. The molecule has 0 fully saturated rings. The minimum absolute atomic E-state index is 0.234. The summed E-state index contributed by atoms with van der Waals surface area (Å²) in [6.45, 7) is 10.6. The van der Waals surface area contributed by atoms with Gasteiger partial charge in [0.05, 0.1) is 13.7 Å².